The smallest absolute Gasteiger partial charge is 0.223 e. The molecule has 0 saturated heterocycles. The molecule has 0 heterocycles. The van der Waals surface area contributed by atoms with Gasteiger partial charge in [-0.1, -0.05) is 15.9 Å². The molecule has 13 heavy (non-hydrogen) atoms. The lowest BCUT2D eigenvalue weighted by atomic mass is 10.2. The summed E-state index contributed by atoms with van der Waals surface area (Å²) in [6, 6.07) is 0.354. The molecule has 0 aromatic carbocycles. The Bertz CT molecular complexity index is 178. The first-order valence-electron chi connectivity index (χ1n) is 5.00. The topological polar surface area (TPSA) is 20.3 Å². The van der Waals surface area contributed by atoms with Crippen LogP contribution in [0.15, 0.2) is 0 Å². The van der Waals surface area contributed by atoms with E-state index in [0.717, 1.165) is 17.8 Å². The van der Waals surface area contributed by atoms with E-state index in [1.165, 1.54) is 12.8 Å². The molecule has 2 nitrogen and oxygen atoms in total. The van der Waals surface area contributed by atoms with Gasteiger partial charge >= 0.3 is 0 Å². The number of carbonyl (C=O) groups excluding carboxylic acids is 1. The van der Waals surface area contributed by atoms with Crippen molar-refractivity contribution in [3.05, 3.63) is 0 Å². The second kappa shape index (κ2) is 4.99. The number of hydrogen-bond donors (Lipinski definition) is 0. The second-order valence-electron chi connectivity index (χ2n) is 4.02. The van der Waals surface area contributed by atoms with Gasteiger partial charge in [0, 0.05) is 24.3 Å². The molecule has 1 fully saturated rings. The van der Waals surface area contributed by atoms with Gasteiger partial charge in [-0.05, 0) is 32.6 Å². The zero-order chi connectivity index (χ0) is 9.84. The van der Waals surface area contributed by atoms with Crippen LogP contribution in [0.25, 0.3) is 0 Å². The van der Waals surface area contributed by atoms with Gasteiger partial charge in [-0.15, -0.1) is 0 Å². The third-order valence-electron chi connectivity index (χ3n) is 2.40. The number of carbonyl (C=O) groups is 1. The van der Waals surface area contributed by atoms with Crippen molar-refractivity contribution in [1.29, 1.82) is 0 Å². The summed E-state index contributed by atoms with van der Waals surface area (Å²) in [4.78, 5) is 13.7. The Morgan fingerprint density at radius 1 is 1.54 bits per heavy atom. The predicted octanol–water partition coefficient (Wildman–Crippen LogP) is 2.42. The summed E-state index contributed by atoms with van der Waals surface area (Å²) in [5, 5.41) is 0.778. The lowest BCUT2D eigenvalue weighted by Gasteiger charge is -2.26. The van der Waals surface area contributed by atoms with E-state index in [4.69, 9.17) is 0 Å². The molecule has 0 aromatic heterocycles. The van der Waals surface area contributed by atoms with Crippen LogP contribution in [0.4, 0.5) is 0 Å². The third kappa shape index (κ3) is 3.67. The Hall–Kier alpha value is -0.0500. The van der Waals surface area contributed by atoms with Crippen LogP contribution in [-0.2, 0) is 4.79 Å². The first kappa shape index (κ1) is 11.0. The average molecular weight is 248 g/mol. The van der Waals surface area contributed by atoms with Crippen LogP contribution in [0.2, 0.25) is 0 Å². The summed E-state index contributed by atoms with van der Waals surface area (Å²) < 4.78 is 0. The summed E-state index contributed by atoms with van der Waals surface area (Å²) in [6.45, 7) is 5.16. The highest BCUT2D eigenvalue weighted by Gasteiger charge is 2.27. The Labute approximate surface area is 88.8 Å². The highest BCUT2D eigenvalue weighted by atomic mass is 79.9. The Kier molecular flexibility index (Phi) is 4.23. The number of hydrogen-bond acceptors (Lipinski definition) is 1. The molecule has 3 heteroatoms. The highest BCUT2D eigenvalue weighted by Crippen LogP contribution is 2.30. The molecular formula is C10H18BrNO. The van der Waals surface area contributed by atoms with Crippen LogP contribution < -0.4 is 0 Å². The van der Waals surface area contributed by atoms with Crippen LogP contribution in [-0.4, -0.2) is 28.7 Å². The Morgan fingerprint density at radius 3 is 2.54 bits per heavy atom. The summed E-state index contributed by atoms with van der Waals surface area (Å²) in [5.74, 6) is 1.08. The van der Waals surface area contributed by atoms with Crippen molar-refractivity contribution >= 4 is 21.8 Å². The third-order valence-corrected chi connectivity index (χ3v) is 2.80. The highest BCUT2D eigenvalue weighted by molar-refractivity contribution is 9.09. The molecule has 76 valence electrons. The van der Waals surface area contributed by atoms with E-state index in [0.29, 0.717) is 18.4 Å². The molecule has 1 amide bonds. The molecule has 0 radical (unpaired) electrons. The van der Waals surface area contributed by atoms with Crippen LogP contribution in [0.3, 0.4) is 0 Å². The second-order valence-corrected chi connectivity index (χ2v) is 4.82. The standard InChI is InChI=1S/C10H18BrNO/c1-8(2)12(7-9-3-4-9)10(13)5-6-11/h8-9H,3-7H2,1-2H3. The zero-order valence-electron chi connectivity index (χ0n) is 8.42. The summed E-state index contributed by atoms with van der Waals surface area (Å²) >= 11 is 3.30. The minimum absolute atomic E-state index is 0.291. The molecule has 0 spiro atoms. The molecule has 0 aliphatic heterocycles. The molecular weight excluding hydrogens is 230 g/mol. The van der Waals surface area contributed by atoms with E-state index in [-0.39, 0.29) is 0 Å². The Balaban J connectivity index is 2.39. The monoisotopic (exact) mass is 247 g/mol. The summed E-state index contributed by atoms with van der Waals surface area (Å²) in [7, 11) is 0. The van der Waals surface area contributed by atoms with Crippen molar-refractivity contribution in [3.63, 3.8) is 0 Å². The van der Waals surface area contributed by atoms with Gasteiger partial charge in [-0.2, -0.15) is 0 Å². The number of halogens is 1. The van der Waals surface area contributed by atoms with Gasteiger partial charge in [-0.25, -0.2) is 0 Å². The van der Waals surface area contributed by atoms with Crippen LogP contribution >= 0.6 is 15.9 Å². The van der Waals surface area contributed by atoms with Crippen LogP contribution in [0.1, 0.15) is 33.1 Å². The van der Waals surface area contributed by atoms with Gasteiger partial charge in [0.25, 0.3) is 0 Å². The maximum atomic E-state index is 11.6. The van der Waals surface area contributed by atoms with Crippen molar-refractivity contribution in [3.8, 4) is 0 Å². The van der Waals surface area contributed by atoms with Crippen LogP contribution in [0, 0.1) is 5.92 Å². The molecule has 1 aliphatic carbocycles. The zero-order valence-corrected chi connectivity index (χ0v) is 10.0. The van der Waals surface area contributed by atoms with E-state index < -0.39 is 0 Å². The number of nitrogens with zero attached hydrogens (tertiary/aromatic N) is 1. The van der Waals surface area contributed by atoms with Crippen molar-refractivity contribution in [2.24, 2.45) is 5.92 Å². The minimum atomic E-state index is 0.291. The normalized spacial score (nSPS) is 16.3. The number of alkyl halides is 1. The summed E-state index contributed by atoms with van der Waals surface area (Å²) in [6.07, 6.45) is 3.25. The van der Waals surface area contributed by atoms with Crippen LogP contribution in [0.5, 0.6) is 0 Å². The lowest BCUT2D eigenvalue weighted by Crippen LogP contribution is -2.38. The predicted molar refractivity (Wildman–Crippen MR) is 58.0 cm³/mol. The fourth-order valence-electron chi connectivity index (χ4n) is 1.40. The number of amides is 1. The first-order valence-corrected chi connectivity index (χ1v) is 6.12. The number of rotatable bonds is 5. The minimum Gasteiger partial charge on any atom is -0.340 e. The molecule has 1 aliphatic rings. The van der Waals surface area contributed by atoms with Crippen molar-refractivity contribution in [1.82, 2.24) is 4.90 Å². The SMILES string of the molecule is CC(C)N(CC1CC1)C(=O)CCBr. The first-order chi connectivity index (χ1) is 6.15. The van der Waals surface area contributed by atoms with Gasteiger partial charge in [0.05, 0.1) is 0 Å². The van der Waals surface area contributed by atoms with Gasteiger partial charge in [-0.3, -0.25) is 4.79 Å². The molecule has 0 N–H and O–H groups in total. The molecule has 0 aromatic rings. The van der Waals surface area contributed by atoms with Gasteiger partial charge in [0.2, 0.25) is 5.91 Å². The van der Waals surface area contributed by atoms with Gasteiger partial charge in [0.15, 0.2) is 0 Å². The maximum Gasteiger partial charge on any atom is 0.223 e. The van der Waals surface area contributed by atoms with E-state index in [1.807, 2.05) is 4.90 Å². The lowest BCUT2D eigenvalue weighted by molar-refractivity contribution is -0.132. The van der Waals surface area contributed by atoms with Gasteiger partial charge < -0.3 is 4.90 Å². The molecule has 0 bridgehead atoms. The van der Waals surface area contributed by atoms with E-state index in [2.05, 4.69) is 29.8 Å². The van der Waals surface area contributed by atoms with E-state index in [9.17, 15) is 4.79 Å². The Morgan fingerprint density at radius 2 is 2.15 bits per heavy atom. The fraction of sp³-hybridized carbons (Fsp3) is 0.900. The van der Waals surface area contributed by atoms with Crippen molar-refractivity contribution in [2.75, 3.05) is 11.9 Å². The average Bonchev–Trinajstić information content (AvgIpc) is 2.83. The van der Waals surface area contributed by atoms with E-state index >= 15 is 0 Å². The fourth-order valence-corrected chi connectivity index (χ4v) is 1.74. The van der Waals surface area contributed by atoms with Gasteiger partial charge in [0.1, 0.15) is 0 Å². The molecule has 1 rings (SSSR count). The molecule has 0 unspecified atom stereocenters. The maximum absolute atomic E-state index is 11.6. The van der Waals surface area contributed by atoms with Crippen molar-refractivity contribution < 1.29 is 4.79 Å². The largest absolute Gasteiger partial charge is 0.340 e. The van der Waals surface area contributed by atoms with E-state index in [1.54, 1.807) is 0 Å². The molecule has 0 atom stereocenters. The molecule has 1 saturated carbocycles. The quantitative estimate of drug-likeness (QED) is 0.684. The summed E-state index contributed by atoms with van der Waals surface area (Å²) in [5.41, 5.74) is 0. The van der Waals surface area contributed by atoms with Crippen molar-refractivity contribution in [2.45, 2.75) is 39.2 Å².